The molecule has 0 aliphatic carbocycles. The van der Waals surface area contributed by atoms with E-state index in [1.54, 1.807) is 0 Å². The molecule has 0 bridgehead atoms. The summed E-state index contributed by atoms with van der Waals surface area (Å²) >= 11 is 1.51. The fourth-order valence-electron chi connectivity index (χ4n) is 1.58. The third-order valence-corrected chi connectivity index (χ3v) is 4.80. The first-order valence-corrected chi connectivity index (χ1v) is 8.35. The van der Waals surface area contributed by atoms with Gasteiger partial charge >= 0.3 is 5.97 Å². The maximum Gasteiger partial charge on any atom is 0.337 e. The summed E-state index contributed by atoms with van der Waals surface area (Å²) in [6.45, 7) is 2.08. The monoisotopic (exact) mass is 327 g/mol. The molecule has 2 aromatic rings. The van der Waals surface area contributed by atoms with Crippen LogP contribution >= 0.6 is 11.3 Å². The van der Waals surface area contributed by atoms with Crippen molar-refractivity contribution in [3.63, 3.8) is 0 Å². The van der Waals surface area contributed by atoms with Crippen LogP contribution in [0.2, 0.25) is 0 Å². The molecule has 0 amide bonds. The average Bonchev–Trinajstić information content (AvgIpc) is 2.84. The summed E-state index contributed by atoms with van der Waals surface area (Å²) in [7, 11) is -3.74. The minimum atomic E-state index is -3.74. The molecular weight excluding hydrogens is 314 g/mol. The highest BCUT2D eigenvalue weighted by Gasteiger charge is 2.16. The number of carbonyl (C=O) groups is 1. The van der Waals surface area contributed by atoms with E-state index in [9.17, 15) is 13.2 Å². The van der Waals surface area contributed by atoms with E-state index in [4.69, 9.17) is 5.11 Å². The molecule has 21 heavy (non-hydrogen) atoms. The van der Waals surface area contributed by atoms with Gasteiger partial charge in [0.2, 0.25) is 0 Å². The number of hydrogen-bond donors (Lipinski definition) is 2. The highest BCUT2D eigenvalue weighted by atomic mass is 32.2. The number of hydrogen-bond acceptors (Lipinski definition) is 6. The van der Waals surface area contributed by atoms with E-state index >= 15 is 0 Å². The summed E-state index contributed by atoms with van der Waals surface area (Å²) in [4.78, 5) is 18.6. The molecule has 0 unspecified atom stereocenters. The second-order valence-electron chi connectivity index (χ2n) is 4.20. The van der Waals surface area contributed by atoms with Crippen LogP contribution in [0.25, 0.3) is 0 Å². The minimum absolute atomic E-state index is 0.0631. The molecule has 2 aromatic heterocycles. The molecule has 0 fully saturated rings. The molecule has 0 saturated carbocycles. The van der Waals surface area contributed by atoms with Gasteiger partial charge in [-0.2, -0.15) is 0 Å². The van der Waals surface area contributed by atoms with Crippen molar-refractivity contribution in [2.75, 3.05) is 6.54 Å². The number of rotatable bonds is 6. The van der Waals surface area contributed by atoms with Gasteiger partial charge in [-0.15, -0.1) is 11.3 Å². The molecule has 0 atom stereocenters. The van der Waals surface area contributed by atoms with Crippen molar-refractivity contribution in [3.8, 4) is 0 Å². The van der Waals surface area contributed by atoms with E-state index in [2.05, 4.69) is 14.7 Å². The highest BCUT2D eigenvalue weighted by molar-refractivity contribution is 7.89. The number of nitrogens with one attached hydrogen (secondary N) is 1. The molecule has 112 valence electrons. The lowest BCUT2D eigenvalue weighted by Gasteiger charge is -2.05. The van der Waals surface area contributed by atoms with Gasteiger partial charge in [0, 0.05) is 24.5 Å². The topological polar surface area (TPSA) is 109 Å². The van der Waals surface area contributed by atoms with Gasteiger partial charge in [-0.05, 0) is 19.1 Å². The zero-order valence-corrected chi connectivity index (χ0v) is 12.7. The lowest BCUT2D eigenvalue weighted by molar-refractivity contribution is 0.0696. The predicted octanol–water partition coefficient (Wildman–Crippen LogP) is 1.07. The zero-order chi connectivity index (χ0) is 15.5. The van der Waals surface area contributed by atoms with Crippen molar-refractivity contribution in [2.45, 2.75) is 18.4 Å². The first-order valence-electron chi connectivity index (χ1n) is 5.98. The van der Waals surface area contributed by atoms with Crippen molar-refractivity contribution in [1.82, 2.24) is 14.7 Å². The first-order chi connectivity index (χ1) is 9.88. The van der Waals surface area contributed by atoms with Crippen molar-refractivity contribution in [3.05, 3.63) is 40.0 Å². The second kappa shape index (κ2) is 6.29. The number of pyridine rings is 1. The summed E-state index contributed by atoms with van der Waals surface area (Å²) in [5.74, 6) is -1.15. The molecule has 2 heterocycles. The highest BCUT2D eigenvalue weighted by Crippen LogP contribution is 2.09. The zero-order valence-electron chi connectivity index (χ0n) is 11.1. The van der Waals surface area contributed by atoms with Gasteiger partial charge < -0.3 is 5.11 Å². The summed E-state index contributed by atoms with van der Waals surface area (Å²) in [6.07, 6.45) is 1.50. The molecule has 0 aliphatic heterocycles. The van der Waals surface area contributed by atoms with Crippen LogP contribution in [0.3, 0.4) is 0 Å². The lowest BCUT2D eigenvalue weighted by atomic mass is 10.3. The Bertz CT molecular complexity index is 738. The Labute approximate surface area is 125 Å². The van der Waals surface area contributed by atoms with E-state index in [-0.39, 0.29) is 17.1 Å². The Balaban J connectivity index is 1.99. The van der Waals surface area contributed by atoms with Gasteiger partial charge in [-0.1, -0.05) is 0 Å². The fraction of sp³-hybridized carbons (Fsp3) is 0.250. The van der Waals surface area contributed by atoms with Crippen LogP contribution in [0, 0.1) is 6.92 Å². The van der Waals surface area contributed by atoms with Gasteiger partial charge in [0.15, 0.2) is 5.03 Å². The first kappa shape index (κ1) is 15.5. The Hall–Kier alpha value is -1.84. The molecule has 7 nitrogen and oxygen atoms in total. The second-order valence-corrected chi connectivity index (χ2v) is 6.97. The molecule has 0 radical (unpaired) electrons. The lowest BCUT2D eigenvalue weighted by Crippen LogP contribution is -2.27. The van der Waals surface area contributed by atoms with Gasteiger partial charge in [-0.3, -0.25) is 0 Å². The summed E-state index contributed by atoms with van der Waals surface area (Å²) in [5.41, 5.74) is 0.765. The van der Waals surface area contributed by atoms with Crippen molar-refractivity contribution in [2.24, 2.45) is 0 Å². The average molecular weight is 327 g/mol. The van der Waals surface area contributed by atoms with Gasteiger partial charge in [-0.25, -0.2) is 27.9 Å². The quantitative estimate of drug-likeness (QED) is 0.821. The number of aryl methyl sites for hydroxylation is 1. The Morgan fingerprint density at radius 2 is 2.19 bits per heavy atom. The van der Waals surface area contributed by atoms with Crippen LogP contribution in [-0.4, -0.2) is 36.0 Å². The maximum absolute atomic E-state index is 12.0. The van der Waals surface area contributed by atoms with E-state index in [1.165, 1.54) is 23.5 Å². The fourth-order valence-corrected chi connectivity index (χ4v) is 3.18. The van der Waals surface area contributed by atoms with Gasteiger partial charge in [0.05, 0.1) is 16.3 Å². The number of sulfonamides is 1. The standard InChI is InChI=1S/C12H13N3O4S2/c1-8-15-10(7-20-8)4-5-14-21(18,19)11-3-2-9(6-13-11)12(16)17/h2-3,6-7,14H,4-5H2,1H3,(H,16,17). The van der Waals surface area contributed by atoms with Crippen molar-refractivity contribution in [1.29, 1.82) is 0 Å². The number of carboxylic acids is 1. The third-order valence-electron chi connectivity index (χ3n) is 2.60. The molecule has 0 spiro atoms. The SMILES string of the molecule is Cc1nc(CCNS(=O)(=O)c2ccc(C(=O)O)cn2)cs1. The van der Waals surface area contributed by atoms with E-state index in [0.717, 1.165) is 16.9 Å². The molecule has 2 rings (SSSR count). The Morgan fingerprint density at radius 3 is 2.71 bits per heavy atom. The van der Waals surface area contributed by atoms with Gasteiger partial charge in [0.1, 0.15) is 0 Å². The number of thiazole rings is 1. The molecule has 9 heteroatoms. The van der Waals surface area contributed by atoms with Crippen molar-refractivity contribution < 1.29 is 18.3 Å². The summed E-state index contributed by atoms with van der Waals surface area (Å²) in [5, 5.41) is 11.3. The summed E-state index contributed by atoms with van der Waals surface area (Å²) in [6, 6.07) is 2.37. The van der Waals surface area contributed by atoms with Gasteiger partial charge in [0.25, 0.3) is 10.0 Å². The minimum Gasteiger partial charge on any atom is -0.478 e. The normalized spacial score (nSPS) is 11.5. The predicted molar refractivity (Wildman–Crippen MR) is 76.9 cm³/mol. The molecule has 0 saturated heterocycles. The van der Waals surface area contributed by atoms with E-state index < -0.39 is 16.0 Å². The van der Waals surface area contributed by atoms with Crippen LogP contribution in [0.1, 0.15) is 21.1 Å². The van der Waals surface area contributed by atoms with E-state index in [1.807, 2.05) is 12.3 Å². The van der Waals surface area contributed by atoms with E-state index in [0.29, 0.717) is 6.42 Å². The smallest absolute Gasteiger partial charge is 0.337 e. The van der Waals surface area contributed by atoms with Crippen LogP contribution < -0.4 is 4.72 Å². The van der Waals surface area contributed by atoms with Crippen LogP contribution in [0.4, 0.5) is 0 Å². The summed E-state index contributed by atoms with van der Waals surface area (Å²) < 4.78 is 26.3. The Morgan fingerprint density at radius 1 is 1.43 bits per heavy atom. The Kier molecular flexibility index (Phi) is 4.66. The largest absolute Gasteiger partial charge is 0.478 e. The maximum atomic E-state index is 12.0. The number of nitrogens with zero attached hydrogens (tertiary/aromatic N) is 2. The number of aromatic nitrogens is 2. The number of carboxylic acid groups (broad SMARTS) is 1. The van der Waals surface area contributed by atoms with Crippen LogP contribution in [-0.2, 0) is 16.4 Å². The number of aromatic carboxylic acids is 1. The van der Waals surface area contributed by atoms with Crippen LogP contribution in [0.15, 0.2) is 28.7 Å². The molecule has 0 aromatic carbocycles. The molecule has 2 N–H and O–H groups in total. The van der Waals surface area contributed by atoms with Crippen LogP contribution in [0.5, 0.6) is 0 Å². The molecular formula is C12H13N3O4S2. The van der Waals surface area contributed by atoms with Crippen molar-refractivity contribution >= 4 is 27.3 Å². The third kappa shape index (κ3) is 4.06. The molecule has 0 aliphatic rings.